The smallest absolute Gasteiger partial charge is 0.220 e. The Morgan fingerprint density at radius 1 is 1.21 bits per heavy atom. The maximum absolute atomic E-state index is 11.6. The molecule has 19 heavy (non-hydrogen) atoms. The van der Waals surface area contributed by atoms with Crippen LogP contribution in [0.4, 0.5) is 0 Å². The van der Waals surface area contributed by atoms with E-state index >= 15 is 0 Å². The first-order valence-electron chi connectivity index (χ1n) is 6.96. The predicted octanol–water partition coefficient (Wildman–Crippen LogP) is 0.830. The molecule has 6 heteroatoms. The molecule has 1 heterocycles. The van der Waals surface area contributed by atoms with E-state index in [0.29, 0.717) is 12.5 Å². The monoisotopic (exact) mass is 291 g/mol. The van der Waals surface area contributed by atoms with Gasteiger partial charge in [0, 0.05) is 25.9 Å². The molecule has 0 aromatic heterocycles. The molecule has 5 nitrogen and oxygen atoms in total. The van der Waals surface area contributed by atoms with Crippen molar-refractivity contribution in [2.24, 2.45) is 5.92 Å². The van der Waals surface area contributed by atoms with E-state index in [1.54, 1.807) is 0 Å². The van der Waals surface area contributed by atoms with Gasteiger partial charge in [0.2, 0.25) is 11.8 Å². The molecular weight excluding hydrogens is 266 g/mol. The highest BCUT2D eigenvalue weighted by atomic mass is 35.5. The van der Waals surface area contributed by atoms with Crippen molar-refractivity contribution in [3.63, 3.8) is 0 Å². The van der Waals surface area contributed by atoms with Gasteiger partial charge in [0.25, 0.3) is 0 Å². The van der Waals surface area contributed by atoms with Crippen molar-refractivity contribution in [1.82, 2.24) is 16.0 Å². The van der Waals surface area contributed by atoms with Crippen LogP contribution in [0.25, 0.3) is 0 Å². The SMILES string of the molecule is CCCNC(=O)CCC(=O)NCC1CCCNC1.Cl. The van der Waals surface area contributed by atoms with Crippen LogP contribution in [-0.2, 0) is 9.59 Å². The van der Waals surface area contributed by atoms with Gasteiger partial charge in [-0.3, -0.25) is 9.59 Å². The average Bonchev–Trinajstić information content (AvgIpc) is 2.41. The van der Waals surface area contributed by atoms with E-state index in [1.165, 1.54) is 12.8 Å². The number of carbonyl (C=O) groups excluding carboxylic acids is 2. The van der Waals surface area contributed by atoms with Crippen molar-refractivity contribution >= 4 is 24.2 Å². The minimum absolute atomic E-state index is 0. The fourth-order valence-corrected chi connectivity index (χ4v) is 2.02. The molecule has 1 aliphatic rings. The zero-order valence-electron chi connectivity index (χ0n) is 11.7. The van der Waals surface area contributed by atoms with E-state index in [2.05, 4.69) is 16.0 Å². The van der Waals surface area contributed by atoms with Crippen LogP contribution in [0.5, 0.6) is 0 Å². The molecule has 1 atom stereocenters. The van der Waals surface area contributed by atoms with Crippen molar-refractivity contribution in [3.05, 3.63) is 0 Å². The van der Waals surface area contributed by atoms with Gasteiger partial charge < -0.3 is 16.0 Å². The molecule has 3 N–H and O–H groups in total. The zero-order chi connectivity index (χ0) is 13.2. The minimum Gasteiger partial charge on any atom is -0.356 e. The molecule has 0 aromatic rings. The number of hydrogen-bond acceptors (Lipinski definition) is 3. The van der Waals surface area contributed by atoms with Gasteiger partial charge in [-0.2, -0.15) is 0 Å². The van der Waals surface area contributed by atoms with Gasteiger partial charge in [-0.05, 0) is 38.3 Å². The van der Waals surface area contributed by atoms with E-state index in [9.17, 15) is 9.59 Å². The molecule has 1 unspecified atom stereocenters. The summed E-state index contributed by atoms with van der Waals surface area (Å²) >= 11 is 0. The van der Waals surface area contributed by atoms with Crippen LogP contribution in [0, 0.1) is 5.92 Å². The third kappa shape index (κ3) is 8.83. The van der Waals surface area contributed by atoms with Crippen molar-refractivity contribution in [1.29, 1.82) is 0 Å². The molecular formula is C13H26ClN3O2. The maximum atomic E-state index is 11.6. The summed E-state index contributed by atoms with van der Waals surface area (Å²) < 4.78 is 0. The molecule has 0 aromatic carbocycles. The Balaban J connectivity index is 0.00000324. The third-order valence-electron chi connectivity index (χ3n) is 3.14. The fourth-order valence-electron chi connectivity index (χ4n) is 2.02. The van der Waals surface area contributed by atoms with Crippen LogP contribution in [-0.4, -0.2) is 38.0 Å². The number of piperidine rings is 1. The molecule has 0 bridgehead atoms. The Kier molecular flexibility index (Phi) is 10.6. The van der Waals surface area contributed by atoms with Gasteiger partial charge in [-0.1, -0.05) is 6.92 Å². The van der Waals surface area contributed by atoms with Gasteiger partial charge in [-0.15, -0.1) is 12.4 Å². The highest BCUT2D eigenvalue weighted by Gasteiger charge is 2.14. The quantitative estimate of drug-likeness (QED) is 0.651. The lowest BCUT2D eigenvalue weighted by Gasteiger charge is -2.22. The Hall–Kier alpha value is -0.810. The summed E-state index contributed by atoms with van der Waals surface area (Å²) in [4.78, 5) is 22.9. The van der Waals surface area contributed by atoms with Crippen LogP contribution in [0.3, 0.4) is 0 Å². The molecule has 0 radical (unpaired) electrons. The van der Waals surface area contributed by atoms with Crippen molar-refractivity contribution in [3.8, 4) is 0 Å². The van der Waals surface area contributed by atoms with Gasteiger partial charge in [-0.25, -0.2) is 0 Å². The Labute approximate surface area is 121 Å². The summed E-state index contributed by atoms with van der Waals surface area (Å²) in [7, 11) is 0. The highest BCUT2D eigenvalue weighted by molar-refractivity contribution is 5.85. The lowest BCUT2D eigenvalue weighted by molar-refractivity contribution is -0.126. The summed E-state index contributed by atoms with van der Waals surface area (Å²) in [6.07, 6.45) is 3.85. The normalized spacial score (nSPS) is 18.3. The highest BCUT2D eigenvalue weighted by Crippen LogP contribution is 2.08. The first-order chi connectivity index (χ1) is 8.72. The van der Waals surface area contributed by atoms with Crippen LogP contribution < -0.4 is 16.0 Å². The van der Waals surface area contributed by atoms with Gasteiger partial charge in [0.05, 0.1) is 0 Å². The summed E-state index contributed by atoms with van der Waals surface area (Å²) in [5, 5.41) is 8.99. The Morgan fingerprint density at radius 2 is 1.89 bits per heavy atom. The minimum atomic E-state index is -0.0358. The lowest BCUT2D eigenvalue weighted by atomic mass is 10.00. The third-order valence-corrected chi connectivity index (χ3v) is 3.14. The number of amides is 2. The van der Waals surface area contributed by atoms with Crippen LogP contribution >= 0.6 is 12.4 Å². The van der Waals surface area contributed by atoms with Crippen molar-refractivity contribution < 1.29 is 9.59 Å². The molecule has 0 aliphatic carbocycles. The van der Waals surface area contributed by atoms with Gasteiger partial charge in [0.15, 0.2) is 0 Å². The number of halogens is 1. The van der Waals surface area contributed by atoms with E-state index in [4.69, 9.17) is 0 Å². The van der Waals surface area contributed by atoms with Crippen LogP contribution in [0.15, 0.2) is 0 Å². The molecule has 1 fully saturated rings. The van der Waals surface area contributed by atoms with E-state index in [0.717, 1.165) is 26.1 Å². The lowest BCUT2D eigenvalue weighted by Crippen LogP contribution is -2.38. The van der Waals surface area contributed by atoms with Crippen molar-refractivity contribution in [2.45, 2.75) is 39.0 Å². The topological polar surface area (TPSA) is 70.2 Å². The van der Waals surface area contributed by atoms with Crippen LogP contribution in [0.2, 0.25) is 0 Å². The molecule has 2 amide bonds. The molecule has 1 rings (SSSR count). The summed E-state index contributed by atoms with van der Waals surface area (Å²) in [6, 6.07) is 0. The summed E-state index contributed by atoms with van der Waals surface area (Å²) in [5.74, 6) is 0.482. The predicted molar refractivity (Wildman–Crippen MR) is 78.4 cm³/mol. The number of carbonyl (C=O) groups is 2. The summed E-state index contributed by atoms with van der Waals surface area (Å²) in [6.45, 7) is 5.49. The Bertz CT molecular complexity index is 269. The average molecular weight is 292 g/mol. The first-order valence-corrected chi connectivity index (χ1v) is 6.96. The molecule has 1 saturated heterocycles. The maximum Gasteiger partial charge on any atom is 0.220 e. The molecule has 0 saturated carbocycles. The van der Waals surface area contributed by atoms with E-state index in [1.807, 2.05) is 6.92 Å². The zero-order valence-corrected chi connectivity index (χ0v) is 12.5. The largest absolute Gasteiger partial charge is 0.356 e. The fraction of sp³-hybridized carbons (Fsp3) is 0.846. The standard InChI is InChI=1S/C13H25N3O2.ClH/c1-2-7-15-12(17)5-6-13(18)16-10-11-4-3-8-14-9-11;/h11,14H,2-10H2,1H3,(H,15,17)(H,16,18);1H. The van der Waals surface area contributed by atoms with Crippen LogP contribution in [0.1, 0.15) is 39.0 Å². The van der Waals surface area contributed by atoms with Crippen molar-refractivity contribution in [2.75, 3.05) is 26.2 Å². The summed E-state index contributed by atoms with van der Waals surface area (Å²) in [5.41, 5.74) is 0. The number of rotatable bonds is 7. The second-order valence-electron chi connectivity index (χ2n) is 4.87. The second-order valence-corrected chi connectivity index (χ2v) is 4.87. The van der Waals surface area contributed by atoms with E-state index in [-0.39, 0.29) is 37.1 Å². The van der Waals surface area contributed by atoms with Gasteiger partial charge in [0.1, 0.15) is 0 Å². The first kappa shape index (κ1) is 18.2. The Morgan fingerprint density at radius 3 is 2.47 bits per heavy atom. The second kappa shape index (κ2) is 11.1. The molecule has 112 valence electrons. The molecule has 0 spiro atoms. The molecule has 1 aliphatic heterocycles. The van der Waals surface area contributed by atoms with Gasteiger partial charge >= 0.3 is 0 Å². The number of nitrogens with one attached hydrogen (secondary N) is 3. The number of hydrogen-bond donors (Lipinski definition) is 3. The van der Waals surface area contributed by atoms with E-state index < -0.39 is 0 Å².